The number of benzene rings is 1. The van der Waals surface area contributed by atoms with Gasteiger partial charge in [-0.3, -0.25) is 9.69 Å². The Morgan fingerprint density at radius 1 is 0.964 bits per heavy atom. The van der Waals surface area contributed by atoms with Gasteiger partial charge in [0.05, 0.1) is 5.69 Å². The van der Waals surface area contributed by atoms with Gasteiger partial charge in [0.25, 0.3) is 0 Å². The zero-order chi connectivity index (χ0) is 19.3. The molecule has 0 radical (unpaired) electrons. The first kappa shape index (κ1) is 19.1. The highest BCUT2D eigenvalue weighted by Crippen LogP contribution is 2.32. The summed E-state index contributed by atoms with van der Waals surface area (Å²) in [5, 5.41) is 3.21. The number of rotatable bonds is 5. The molecule has 0 spiro atoms. The highest BCUT2D eigenvalue weighted by molar-refractivity contribution is 5.92. The zero-order valence-corrected chi connectivity index (χ0v) is 16.6. The predicted molar refractivity (Wildman–Crippen MR) is 113 cm³/mol. The van der Waals surface area contributed by atoms with Crippen molar-refractivity contribution in [2.75, 3.05) is 44.2 Å². The van der Waals surface area contributed by atoms with Crippen molar-refractivity contribution in [2.45, 2.75) is 44.6 Å². The molecule has 1 aliphatic carbocycles. The van der Waals surface area contributed by atoms with E-state index in [2.05, 4.69) is 15.0 Å². The average molecular weight is 383 g/mol. The fourth-order valence-electron chi connectivity index (χ4n) is 4.79. The average Bonchev–Trinajstić information content (AvgIpc) is 3.46. The van der Waals surface area contributed by atoms with Gasteiger partial charge in [0.2, 0.25) is 5.91 Å². The second-order valence-electron chi connectivity index (χ2n) is 8.17. The van der Waals surface area contributed by atoms with Crippen LogP contribution in [-0.2, 0) is 4.79 Å². The number of carbonyl (C=O) groups excluding carboxylic acids is 1. The Morgan fingerprint density at radius 3 is 2.36 bits per heavy atom. The molecule has 1 aromatic rings. The number of hydrogen-bond acceptors (Lipinski definition) is 5. The molecule has 6 nitrogen and oxygen atoms in total. The Bertz CT molecular complexity index is 728. The summed E-state index contributed by atoms with van der Waals surface area (Å²) in [7, 11) is 0. The molecule has 28 heavy (non-hydrogen) atoms. The maximum Gasteiger partial charge on any atom is 0.246 e. The lowest BCUT2D eigenvalue weighted by Crippen LogP contribution is -2.51. The molecule has 1 saturated carbocycles. The maximum atomic E-state index is 12.6. The standard InChI is InChI=1S/C22H30N4O2/c27-22(26-15-13-24(14-16-26)19-5-1-2-6-19)10-8-18-7-9-21(20(17-18)23-28)25-11-3-4-12-25/h7-10,17,19H,1-6,11-16H2/b10-8+. The van der Waals surface area contributed by atoms with Gasteiger partial charge in [0.1, 0.15) is 5.69 Å². The van der Waals surface area contributed by atoms with Gasteiger partial charge in [-0.15, -0.1) is 4.91 Å². The maximum absolute atomic E-state index is 12.6. The minimum absolute atomic E-state index is 0.0512. The quantitative estimate of drug-likeness (QED) is 0.574. The Kier molecular flexibility index (Phi) is 6.05. The molecule has 0 unspecified atom stereocenters. The van der Waals surface area contributed by atoms with Gasteiger partial charge in [0, 0.05) is 51.4 Å². The van der Waals surface area contributed by atoms with Gasteiger partial charge >= 0.3 is 0 Å². The van der Waals surface area contributed by atoms with Crippen LogP contribution in [0.25, 0.3) is 6.08 Å². The van der Waals surface area contributed by atoms with E-state index in [9.17, 15) is 9.70 Å². The molecule has 0 bridgehead atoms. The number of anilines is 1. The first-order chi connectivity index (χ1) is 13.7. The molecule has 2 aliphatic heterocycles. The van der Waals surface area contributed by atoms with Crippen molar-refractivity contribution in [1.29, 1.82) is 0 Å². The van der Waals surface area contributed by atoms with E-state index in [1.54, 1.807) is 18.2 Å². The number of carbonyl (C=O) groups is 1. The summed E-state index contributed by atoms with van der Waals surface area (Å²) >= 11 is 0. The van der Waals surface area contributed by atoms with E-state index in [1.807, 2.05) is 17.0 Å². The zero-order valence-electron chi connectivity index (χ0n) is 16.6. The summed E-state index contributed by atoms with van der Waals surface area (Å²) in [6.45, 7) is 5.51. The van der Waals surface area contributed by atoms with Gasteiger partial charge in [-0.1, -0.05) is 18.9 Å². The Labute approximate surface area is 167 Å². The second-order valence-corrected chi connectivity index (χ2v) is 8.17. The molecule has 3 fully saturated rings. The van der Waals surface area contributed by atoms with Crippen LogP contribution in [0.3, 0.4) is 0 Å². The van der Waals surface area contributed by atoms with Crippen LogP contribution in [0.2, 0.25) is 0 Å². The third-order valence-corrected chi connectivity index (χ3v) is 6.43. The van der Waals surface area contributed by atoms with Gasteiger partial charge in [0.15, 0.2) is 0 Å². The molecule has 0 aromatic heterocycles. The van der Waals surface area contributed by atoms with E-state index in [4.69, 9.17) is 0 Å². The van der Waals surface area contributed by atoms with Crippen molar-refractivity contribution in [3.8, 4) is 0 Å². The van der Waals surface area contributed by atoms with Crippen LogP contribution >= 0.6 is 0 Å². The van der Waals surface area contributed by atoms with E-state index < -0.39 is 0 Å². The Morgan fingerprint density at radius 2 is 1.68 bits per heavy atom. The third-order valence-electron chi connectivity index (χ3n) is 6.43. The number of nitrogens with zero attached hydrogens (tertiary/aromatic N) is 4. The fraction of sp³-hybridized carbons (Fsp3) is 0.591. The molecule has 0 atom stereocenters. The smallest absolute Gasteiger partial charge is 0.246 e. The van der Waals surface area contributed by atoms with E-state index >= 15 is 0 Å². The summed E-state index contributed by atoms with van der Waals surface area (Å²) in [6.07, 6.45) is 11.1. The Hall–Kier alpha value is -2.21. The van der Waals surface area contributed by atoms with Gasteiger partial charge < -0.3 is 9.80 Å². The second kappa shape index (κ2) is 8.86. The normalized spacial score (nSPS) is 21.7. The van der Waals surface area contributed by atoms with Crippen molar-refractivity contribution in [3.63, 3.8) is 0 Å². The lowest BCUT2D eigenvalue weighted by molar-refractivity contribution is -0.127. The Balaban J connectivity index is 1.34. The molecule has 150 valence electrons. The van der Waals surface area contributed by atoms with Crippen LogP contribution in [0.1, 0.15) is 44.1 Å². The first-order valence-corrected chi connectivity index (χ1v) is 10.7. The van der Waals surface area contributed by atoms with Crippen molar-refractivity contribution < 1.29 is 4.79 Å². The van der Waals surface area contributed by atoms with E-state index in [0.717, 1.165) is 69.4 Å². The molecular formula is C22H30N4O2. The van der Waals surface area contributed by atoms with Crippen LogP contribution in [0, 0.1) is 4.91 Å². The van der Waals surface area contributed by atoms with E-state index in [-0.39, 0.29) is 5.91 Å². The summed E-state index contributed by atoms with van der Waals surface area (Å²) in [5.41, 5.74) is 2.20. The minimum Gasteiger partial charge on any atom is -0.370 e. The lowest BCUT2D eigenvalue weighted by Gasteiger charge is -2.37. The highest BCUT2D eigenvalue weighted by Gasteiger charge is 2.27. The van der Waals surface area contributed by atoms with Gasteiger partial charge in [-0.25, -0.2) is 0 Å². The van der Waals surface area contributed by atoms with Crippen molar-refractivity contribution in [3.05, 3.63) is 34.7 Å². The molecule has 0 N–H and O–H groups in total. The van der Waals surface area contributed by atoms with E-state index in [0.29, 0.717) is 5.69 Å². The summed E-state index contributed by atoms with van der Waals surface area (Å²) < 4.78 is 0. The molecular weight excluding hydrogens is 352 g/mol. The lowest BCUT2D eigenvalue weighted by atomic mass is 10.1. The van der Waals surface area contributed by atoms with Crippen LogP contribution in [0.4, 0.5) is 11.4 Å². The first-order valence-electron chi connectivity index (χ1n) is 10.7. The topological polar surface area (TPSA) is 56.2 Å². The molecule has 3 aliphatic rings. The van der Waals surface area contributed by atoms with Crippen LogP contribution in [0.15, 0.2) is 29.5 Å². The van der Waals surface area contributed by atoms with Crippen LogP contribution in [-0.4, -0.2) is 61.0 Å². The summed E-state index contributed by atoms with van der Waals surface area (Å²) in [5.74, 6) is 0.0512. The SMILES string of the molecule is O=Nc1cc(/C=C/C(=O)N2CCN(C3CCCC3)CC2)ccc1N1CCCC1. The largest absolute Gasteiger partial charge is 0.370 e. The summed E-state index contributed by atoms with van der Waals surface area (Å²) in [4.78, 5) is 30.5. The van der Waals surface area contributed by atoms with Crippen LogP contribution < -0.4 is 4.90 Å². The van der Waals surface area contributed by atoms with Gasteiger partial charge in [-0.05, 0) is 54.6 Å². The number of nitroso groups, excluding NO2 is 1. The van der Waals surface area contributed by atoms with Crippen LogP contribution in [0.5, 0.6) is 0 Å². The summed E-state index contributed by atoms with van der Waals surface area (Å²) in [6, 6.07) is 6.43. The molecule has 6 heteroatoms. The number of hydrogen-bond donors (Lipinski definition) is 0. The molecule has 1 amide bonds. The molecule has 2 heterocycles. The van der Waals surface area contributed by atoms with Crippen molar-refractivity contribution in [1.82, 2.24) is 9.80 Å². The highest BCUT2D eigenvalue weighted by atomic mass is 16.3. The number of amides is 1. The van der Waals surface area contributed by atoms with E-state index in [1.165, 1.54) is 25.7 Å². The third kappa shape index (κ3) is 4.27. The van der Waals surface area contributed by atoms with Crippen molar-refractivity contribution in [2.24, 2.45) is 5.18 Å². The minimum atomic E-state index is 0.0512. The number of piperazine rings is 1. The fourth-order valence-corrected chi connectivity index (χ4v) is 4.79. The van der Waals surface area contributed by atoms with Crippen molar-refractivity contribution >= 4 is 23.4 Å². The predicted octanol–water partition coefficient (Wildman–Crippen LogP) is 3.78. The molecule has 4 rings (SSSR count). The molecule has 2 saturated heterocycles. The van der Waals surface area contributed by atoms with Gasteiger partial charge in [-0.2, -0.15) is 0 Å². The monoisotopic (exact) mass is 382 g/mol. The molecule has 1 aromatic carbocycles.